The van der Waals surface area contributed by atoms with E-state index in [0.29, 0.717) is 29.2 Å². The SMILES string of the molecule is COc1ccc2c(C)c(CNc3ccccc3)c(=O)oc2c1OC. The number of benzene rings is 2. The van der Waals surface area contributed by atoms with Crippen LogP contribution in [-0.4, -0.2) is 14.2 Å². The maximum atomic E-state index is 12.4. The molecule has 0 amide bonds. The summed E-state index contributed by atoms with van der Waals surface area (Å²) in [4.78, 5) is 12.4. The van der Waals surface area contributed by atoms with E-state index in [9.17, 15) is 4.79 Å². The van der Waals surface area contributed by atoms with Crippen molar-refractivity contribution in [1.82, 2.24) is 0 Å². The number of ether oxygens (including phenoxy) is 2. The first-order chi connectivity index (χ1) is 11.7. The minimum atomic E-state index is -0.380. The largest absolute Gasteiger partial charge is 0.493 e. The zero-order valence-corrected chi connectivity index (χ0v) is 13.9. The van der Waals surface area contributed by atoms with Crippen molar-refractivity contribution in [3.63, 3.8) is 0 Å². The Morgan fingerprint density at radius 2 is 1.79 bits per heavy atom. The van der Waals surface area contributed by atoms with Crippen LogP contribution < -0.4 is 20.4 Å². The van der Waals surface area contributed by atoms with E-state index < -0.39 is 0 Å². The molecule has 0 aliphatic carbocycles. The van der Waals surface area contributed by atoms with Crippen molar-refractivity contribution < 1.29 is 13.9 Å². The van der Waals surface area contributed by atoms with Gasteiger partial charge in [0.1, 0.15) is 0 Å². The Kier molecular flexibility index (Phi) is 4.42. The van der Waals surface area contributed by atoms with Gasteiger partial charge in [-0.1, -0.05) is 18.2 Å². The number of fused-ring (bicyclic) bond motifs is 1. The smallest absolute Gasteiger partial charge is 0.341 e. The van der Waals surface area contributed by atoms with Crippen LogP contribution in [0.3, 0.4) is 0 Å². The van der Waals surface area contributed by atoms with Crippen LogP contribution in [0.15, 0.2) is 51.7 Å². The van der Waals surface area contributed by atoms with Crippen LogP contribution in [-0.2, 0) is 6.54 Å². The Morgan fingerprint density at radius 1 is 1.04 bits per heavy atom. The Morgan fingerprint density at radius 3 is 2.46 bits per heavy atom. The molecule has 124 valence electrons. The molecular formula is C19H19NO4. The lowest BCUT2D eigenvalue weighted by atomic mass is 10.1. The maximum absolute atomic E-state index is 12.4. The number of nitrogens with one attached hydrogen (secondary N) is 1. The molecule has 3 rings (SSSR count). The summed E-state index contributed by atoms with van der Waals surface area (Å²) in [6.07, 6.45) is 0. The van der Waals surface area contributed by atoms with Gasteiger partial charge in [-0.15, -0.1) is 0 Å². The highest BCUT2D eigenvalue weighted by atomic mass is 16.5. The molecule has 0 aliphatic heterocycles. The van der Waals surface area contributed by atoms with Crippen LogP contribution in [0.5, 0.6) is 11.5 Å². The number of hydrogen-bond donors (Lipinski definition) is 1. The minimum Gasteiger partial charge on any atom is -0.493 e. The molecule has 0 saturated carbocycles. The second-order valence-electron chi connectivity index (χ2n) is 5.39. The Labute approximate surface area is 139 Å². The first-order valence-corrected chi connectivity index (χ1v) is 7.62. The van der Waals surface area contributed by atoms with Gasteiger partial charge in [-0.2, -0.15) is 0 Å². The lowest BCUT2D eigenvalue weighted by Gasteiger charge is -2.13. The fourth-order valence-electron chi connectivity index (χ4n) is 2.72. The van der Waals surface area contributed by atoms with Gasteiger partial charge >= 0.3 is 5.63 Å². The lowest BCUT2D eigenvalue weighted by molar-refractivity contribution is 0.351. The first-order valence-electron chi connectivity index (χ1n) is 7.62. The molecule has 1 N–H and O–H groups in total. The average Bonchev–Trinajstić information content (AvgIpc) is 2.61. The van der Waals surface area contributed by atoms with Crippen LogP contribution >= 0.6 is 0 Å². The lowest BCUT2D eigenvalue weighted by Crippen LogP contribution is -2.14. The van der Waals surface area contributed by atoms with Gasteiger partial charge in [0.2, 0.25) is 5.75 Å². The second kappa shape index (κ2) is 6.66. The Bertz CT molecular complexity index is 916. The summed E-state index contributed by atoms with van der Waals surface area (Å²) in [5.41, 5.74) is 2.44. The summed E-state index contributed by atoms with van der Waals surface area (Å²) in [6, 6.07) is 13.4. The van der Waals surface area contributed by atoms with Gasteiger partial charge < -0.3 is 19.2 Å². The highest BCUT2D eigenvalue weighted by molar-refractivity contribution is 5.88. The topological polar surface area (TPSA) is 60.7 Å². The molecule has 1 aromatic heterocycles. The van der Waals surface area contributed by atoms with Gasteiger partial charge in [-0.05, 0) is 36.8 Å². The predicted octanol–water partition coefficient (Wildman–Crippen LogP) is 3.73. The van der Waals surface area contributed by atoms with E-state index in [0.717, 1.165) is 16.6 Å². The summed E-state index contributed by atoms with van der Waals surface area (Å²) >= 11 is 0. The third-order valence-electron chi connectivity index (χ3n) is 4.04. The van der Waals surface area contributed by atoms with Crippen LogP contribution in [0.1, 0.15) is 11.1 Å². The number of anilines is 1. The third-order valence-corrected chi connectivity index (χ3v) is 4.04. The molecule has 24 heavy (non-hydrogen) atoms. The van der Waals surface area contributed by atoms with Crippen molar-refractivity contribution in [2.45, 2.75) is 13.5 Å². The molecule has 0 spiro atoms. The molecule has 0 radical (unpaired) electrons. The molecule has 3 aromatic rings. The molecular weight excluding hydrogens is 306 g/mol. The summed E-state index contributed by atoms with van der Waals surface area (Å²) < 4.78 is 16.1. The third kappa shape index (κ3) is 2.80. The van der Waals surface area contributed by atoms with Gasteiger partial charge in [0.25, 0.3) is 0 Å². The Balaban J connectivity index is 2.06. The van der Waals surface area contributed by atoms with Crippen LogP contribution in [0, 0.1) is 6.92 Å². The quantitative estimate of drug-likeness (QED) is 0.724. The highest BCUT2D eigenvalue weighted by Gasteiger charge is 2.17. The number of methoxy groups -OCH3 is 2. The van der Waals surface area contributed by atoms with Crippen molar-refractivity contribution in [3.8, 4) is 11.5 Å². The second-order valence-corrected chi connectivity index (χ2v) is 5.39. The van der Waals surface area contributed by atoms with Crippen molar-refractivity contribution >= 4 is 16.7 Å². The number of aryl methyl sites for hydroxylation is 1. The number of rotatable bonds is 5. The van der Waals surface area contributed by atoms with E-state index >= 15 is 0 Å². The summed E-state index contributed by atoms with van der Waals surface area (Å²) in [6.45, 7) is 2.30. The van der Waals surface area contributed by atoms with Gasteiger partial charge in [0.15, 0.2) is 11.3 Å². The molecule has 5 nitrogen and oxygen atoms in total. The van der Waals surface area contributed by atoms with Crippen LogP contribution in [0.25, 0.3) is 11.0 Å². The maximum Gasteiger partial charge on any atom is 0.341 e. The molecule has 0 fully saturated rings. The van der Waals surface area contributed by atoms with Crippen molar-refractivity contribution in [2.75, 3.05) is 19.5 Å². The zero-order chi connectivity index (χ0) is 17.1. The van der Waals surface area contributed by atoms with E-state index in [1.165, 1.54) is 7.11 Å². The van der Waals surface area contributed by atoms with Gasteiger partial charge in [-0.3, -0.25) is 0 Å². The molecule has 0 unspecified atom stereocenters. The molecule has 0 aliphatic rings. The minimum absolute atomic E-state index is 0.380. The first kappa shape index (κ1) is 15.9. The highest BCUT2D eigenvalue weighted by Crippen LogP contribution is 2.36. The summed E-state index contributed by atoms with van der Waals surface area (Å²) in [5.74, 6) is 0.959. The fourth-order valence-corrected chi connectivity index (χ4v) is 2.72. The van der Waals surface area contributed by atoms with E-state index in [4.69, 9.17) is 13.9 Å². The standard InChI is InChI=1S/C19H19NO4/c1-12-14-9-10-16(22-2)18(23-3)17(14)24-19(21)15(12)11-20-13-7-5-4-6-8-13/h4-10,20H,11H2,1-3H3. The van der Waals surface area contributed by atoms with Gasteiger partial charge in [0, 0.05) is 17.6 Å². The van der Waals surface area contributed by atoms with E-state index in [1.54, 1.807) is 7.11 Å². The summed E-state index contributed by atoms with van der Waals surface area (Å²) in [5, 5.41) is 4.07. The molecule has 1 heterocycles. The summed E-state index contributed by atoms with van der Waals surface area (Å²) in [7, 11) is 3.07. The van der Waals surface area contributed by atoms with Crippen molar-refractivity contribution in [2.24, 2.45) is 0 Å². The number of para-hydroxylation sites is 1. The van der Waals surface area contributed by atoms with Crippen molar-refractivity contribution in [3.05, 3.63) is 64.0 Å². The zero-order valence-electron chi connectivity index (χ0n) is 13.9. The van der Waals surface area contributed by atoms with Crippen molar-refractivity contribution in [1.29, 1.82) is 0 Å². The van der Waals surface area contributed by atoms with Gasteiger partial charge in [0.05, 0.1) is 19.8 Å². The fraction of sp³-hybridized carbons (Fsp3) is 0.211. The molecule has 0 saturated heterocycles. The average molecular weight is 325 g/mol. The molecule has 2 aromatic carbocycles. The van der Waals surface area contributed by atoms with E-state index in [2.05, 4.69) is 5.32 Å². The van der Waals surface area contributed by atoms with Crippen LogP contribution in [0.2, 0.25) is 0 Å². The Hall–Kier alpha value is -2.95. The normalized spacial score (nSPS) is 10.6. The molecule has 0 atom stereocenters. The number of hydrogen-bond acceptors (Lipinski definition) is 5. The van der Waals surface area contributed by atoms with E-state index in [-0.39, 0.29) is 5.63 Å². The van der Waals surface area contributed by atoms with Gasteiger partial charge in [-0.25, -0.2) is 4.79 Å². The van der Waals surface area contributed by atoms with E-state index in [1.807, 2.05) is 49.4 Å². The molecule has 0 bridgehead atoms. The molecule has 5 heteroatoms. The van der Waals surface area contributed by atoms with Crippen LogP contribution in [0.4, 0.5) is 5.69 Å². The predicted molar refractivity (Wildman–Crippen MR) is 94.1 cm³/mol. The monoisotopic (exact) mass is 325 g/mol.